The molecule has 5 aromatic rings. The van der Waals surface area contributed by atoms with Crippen LogP contribution < -0.4 is 9.47 Å². The fourth-order valence-electron chi connectivity index (χ4n) is 4.76. The highest BCUT2D eigenvalue weighted by molar-refractivity contribution is 8.01. The summed E-state index contributed by atoms with van der Waals surface area (Å²) in [7, 11) is 1.65. The summed E-state index contributed by atoms with van der Waals surface area (Å²) in [5.74, 6) is 1.81. The maximum Gasteiger partial charge on any atom is 0.253 e. The van der Waals surface area contributed by atoms with Gasteiger partial charge in [-0.15, -0.1) is 11.3 Å². The Labute approximate surface area is 235 Å². The molecule has 8 heteroatoms. The maximum atomic E-state index is 13.6. The molecule has 1 unspecified atom stereocenters. The smallest absolute Gasteiger partial charge is 0.253 e. The van der Waals surface area contributed by atoms with Crippen molar-refractivity contribution in [3.8, 4) is 11.5 Å². The molecule has 1 aliphatic rings. The van der Waals surface area contributed by atoms with E-state index in [1.165, 1.54) is 17.1 Å². The highest BCUT2D eigenvalue weighted by Gasteiger charge is 2.33. The van der Waals surface area contributed by atoms with Crippen LogP contribution in [0.5, 0.6) is 11.5 Å². The minimum Gasteiger partial charge on any atom is -0.497 e. The number of fused-ring (bicyclic) bond motifs is 2. The number of rotatable bonds is 8. The lowest BCUT2D eigenvalue weighted by atomic mass is 9.97. The Bertz CT molecular complexity index is 1680. The van der Waals surface area contributed by atoms with Gasteiger partial charge in [0.1, 0.15) is 11.5 Å². The number of hydrogen-bond acceptors (Lipinski definition) is 7. The molecule has 0 aliphatic carbocycles. The quantitative estimate of drug-likeness (QED) is 0.188. The van der Waals surface area contributed by atoms with E-state index in [2.05, 4.69) is 30.3 Å². The molecule has 1 aliphatic heterocycles. The zero-order valence-corrected chi connectivity index (χ0v) is 23.3. The second-order valence-electron chi connectivity index (χ2n) is 9.17. The van der Waals surface area contributed by atoms with E-state index in [4.69, 9.17) is 19.6 Å². The van der Waals surface area contributed by atoms with Gasteiger partial charge in [-0.1, -0.05) is 60.3 Å². The molecule has 2 heterocycles. The molecule has 0 saturated heterocycles. The van der Waals surface area contributed by atoms with Crippen molar-refractivity contribution in [2.75, 3.05) is 19.5 Å². The summed E-state index contributed by atoms with van der Waals surface area (Å²) >= 11 is 3.02. The van der Waals surface area contributed by atoms with Gasteiger partial charge >= 0.3 is 0 Å². The van der Waals surface area contributed by atoms with Crippen LogP contribution in [0.4, 0.5) is 0 Å². The number of aromatic nitrogens is 1. The zero-order valence-electron chi connectivity index (χ0n) is 21.7. The lowest BCUT2D eigenvalue weighted by Crippen LogP contribution is -2.28. The molecule has 0 bridgehead atoms. The number of methoxy groups -OCH3 is 1. The first kappa shape index (κ1) is 25.4. The number of thioether (sulfide) groups is 1. The first-order valence-corrected chi connectivity index (χ1v) is 14.6. The maximum absolute atomic E-state index is 13.6. The number of carbonyl (C=O) groups excluding carboxylic acids is 1. The summed E-state index contributed by atoms with van der Waals surface area (Å²) in [5.41, 5.74) is 3.87. The SMILES string of the molecule is CCOc1ccc2nc(SCC(=O)N3N=C(c4ccc5ccccc5c4)CC3c3ccc(OC)cc3)sc2c1. The number of hydrogen-bond donors (Lipinski definition) is 0. The molecule has 1 amide bonds. The Morgan fingerprint density at radius 1 is 1.00 bits per heavy atom. The van der Waals surface area contributed by atoms with Crippen molar-refractivity contribution in [2.24, 2.45) is 5.10 Å². The third-order valence-electron chi connectivity index (χ3n) is 6.72. The van der Waals surface area contributed by atoms with Crippen molar-refractivity contribution in [2.45, 2.75) is 23.7 Å². The van der Waals surface area contributed by atoms with E-state index in [9.17, 15) is 4.79 Å². The summed E-state index contributed by atoms with van der Waals surface area (Å²) in [6, 6.07) is 28.2. The molecular formula is C31H27N3O3S2. The van der Waals surface area contributed by atoms with Crippen molar-refractivity contribution in [1.82, 2.24) is 9.99 Å². The van der Waals surface area contributed by atoms with Gasteiger partial charge < -0.3 is 9.47 Å². The van der Waals surface area contributed by atoms with E-state index in [0.29, 0.717) is 13.0 Å². The van der Waals surface area contributed by atoms with Gasteiger partial charge in [-0.25, -0.2) is 9.99 Å². The predicted molar refractivity (Wildman–Crippen MR) is 159 cm³/mol. The largest absolute Gasteiger partial charge is 0.497 e. The van der Waals surface area contributed by atoms with Gasteiger partial charge in [0, 0.05) is 6.42 Å². The first-order chi connectivity index (χ1) is 19.1. The summed E-state index contributed by atoms with van der Waals surface area (Å²) in [5, 5.41) is 8.86. The normalized spacial score (nSPS) is 15.1. The van der Waals surface area contributed by atoms with E-state index in [0.717, 1.165) is 48.3 Å². The molecule has 6 rings (SSSR count). The molecule has 196 valence electrons. The fraction of sp³-hybridized carbons (Fsp3) is 0.194. The first-order valence-electron chi connectivity index (χ1n) is 12.8. The monoisotopic (exact) mass is 553 g/mol. The topological polar surface area (TPSA) is 64.0 Å². The van der Waals surface area contributed by atoms with Crippen molar-refractivity contribution in [3.63, 3.8) is 0 Å². The number of thiazole rings is 1. The Balaban J connectivity index is 1.26. The third-order valence-corrected chi connectivity index (χ3v) is 8.87. The van der Waals surface area contributed by atoms with E-state index in [-0.39, 0.29) is 17.7 Å². The van der Waals surface area contributed by atoms with Crippen molar-refractivity contribution in [3.05, 3.63) is 96.1 Å². The van der Waals surface area contributed by atoms with Gasteiger partial charge in [0.05, 0.1) is 41.4 Å². The molecule has 1 atom stereocenters. The fourth-order valence-corrected chi connectivity index (χ4v) is 6.71. The Kier molecular flexibility index (Phi) is 7.22. The Morgan fingerprint density at radius 3 is 2.59 bits per heavy atom. The average Bonchev–Trinajstić information content (AvgIpc) is 3.60. The van der Waals surface area contributed by atoms with Gasteiger partial charge in [-0.2, -0.15) is 5.10 Å². The van der Waals surface area contributed by atoms with Gasteiger partial charge in [0.2, 0.25) is 0 Å². The molecular weight excluding hydrogens is 526 g/mol. The van der Waals surface area contributed by atoms with Crippen LogP contribution in [0.1, 0.15) is 30.5 Å². The second kappa shape index (κ2) is 11.1. The summed E-state index contributed by atoms with van der Waals surface area (Å²) in [4.78, 5) is 18.3. The highest BCUT2D eigenvalue weighted by atomic mass is 32.2. The minimum atomic E-state index is -0.186. The van der Waals surface area contributed by atoms with E-state index < -0.39 is 0 Å². The van der Waals surface area contributed by atoms with Crippen LogP contribution in [-0.4, -0.2) is 41.1 Å². The number of carbonyl (C=O) groups is 1. The van der Waals surface area contributed by atoms with Crippen LogP contribution in [-0.2, 0) is 4.79 Å². The van der Waals surface area contributed by atoms with Crippen LogP contribution in [0, 0.1) is 0 Å². The van der Waals surface area contributed by atoms with Crippen molar-refractivity contribution < 1.29 is 14.3 Å². The van der Waals surface area contributed by atoms with Crippen LogP contribution in [0.2, 0.25) is 0 Å². The molecule has 6 nitrogen and oxygen atoms in total. The highest BCUT2D eigenvalue weighted by Crippen LogP contribution is 2.36. The van der Waals surface area contributed by atoms with E-state index in [1.807, 2.05) is 61.5 Å². The van der Waals surface area contributed by atoms with Crippen LogP contribution in [0.15, 0.2) is 94.4 Å². The van der Waals surface area contributed by atoms with Gasteiger partial charge in [-0.3, -0.25) is 4.79 Å². The molecule has 39 heavy (non-hydrogen) atoms. The molecule has 0 N–H and O–H groups in total. The number of hydrazone groups is 1. The van der Waals surface area contributed by atoms with E-state index >= 15 is 0 Å². The summed E-state index contributed by atoms with van der Waals surface area (Å²) in [6.07, 6.45) is 0.641. The standard InChI is InChI=1S/C31H27N3O3S2/c1-3-37-25-14-15-26-29(17-25)39-31(32-26)38-19-30(35)34-28(21-10-12-24(36-2)13-11-21)18-27(33-34)23-9-8-20-6-4-5-7-22(20)16-23/h4-17,28H,3,18-19H2,1-2H3. The Morgan fingerprint density at radius 2 is 1.79 bits per heavy atom. The molecule has 0 fully saturated rings. The molecule has 0 spiro atoms. The zero-order chi connectivity index (χ0) is 26.8. The molecule has 0 radical (unpaired) electrons. The molecule has 0 saturated carbocycles. The number of amides is 1. The average molecular weight is 554 g/mol. The van der Waals surface area contributed by atoms with Gasteiger partial charge in [-0.05, 0) is 65.2 Å². The lowest BCUT2D eigenvalue weighted by Gasteiger charge is -2.22. The minimum absolute atomic E-state index is 0.0501. The van der Waals surface area contributed by atoms with Gasteiger partial charge in [0.15, 0.2) is 4.34 Å². The Hall–Kier alpha value is -3.88. The van der Waals surface area contributed by atoms with Crippen LogP contribution in [0.3, 0.4) is 0 Å². The van der Waals surface area contributed by atoms with Crippen LogP contribution in [0.25, 0.3) is 21.0 Å². The second-order valence-corrected chi connectivity index (χ2v) is 11.4. The number of ether oxygens (including phenoxy) is 2. The summed E-state index contributed by atoms with van der Waals surface area (Å²) in [6.45, 7) is 2.59. The molecule has 1 aromatic heterocycles. The molecule has 4 aromatic carbocycles. The van der Waals surface area contributed by atoms with Crippen LogP contribution >= 0.6 is 23.1 Å². The predicted octanol–water partition coefficient (Wildman–Crippen LogP) is 7.33. The summed E-state index contributed by atoms with van der Waals surface area (Å²) < 4.78 is 12.9. The third kappa shape index (κ3) is 5.35. The van der Waals surface area contributed by atoms with E-state index in [1.54, 1.807) is 23.5 Å². The van der Waals surface area contributed by atoms with Crippen molar-refractivity contribution >= 4 is 55.7 Å². The van der Waals surface area contributed by atoms with Crippen molar-refractivity contribution in [1.29, 1.82) is 0 Å². The lowest BCUT2D eigenvalue weighted by molar-refractivity contribution is -0.130. The van der Waals surface area contributed by atoms with Gasteiger partial charge in [0.25, 0.3) is 5.91 Å². The number of nitrogens with zero attached hydrogens (tertiary/aromatic N) is 3. The number of benzene rings is 4.